The molecule has 8 nitrogen and oxygen atoms in total. The van der Waals surface area contributed by atoms with Gasteiger partial charge in [0.05, 0.1) is 23.1 Å². The van der Waals surface area contributed by atoms with E-state index in [1.54, 1.807) is 29.4 Å². The second kappa shape index (κ2) is 7.51. The van der Waals surface area contributed by atoms with E-state index in [2.05, 4.69) is 9.97 Å². The van der Waals surface area contributed by atoms with Crippen molar-refractivity contribution >= 4 is 11.8 Å². The number of fused-ring (bicyclic) bond motifs is 2. The largest absolute Gasteiger partial charge is 0.507 e. The summed E-state index contributed by atoms with van der Waals surface area (Å²) in [6.45, 7) is 3.48. The Morgan fingerprint density at radius 3 is 2.76 bits per heavy atom. The number of rotatable bonds is 3. The quantitative estimate of drug-likeness (QED) is 0.818. The smallest absolute Gasteiger partial charge is 0.257 e. The predicted octanol–water partition coefficient (Wildman–Crippen LogP) is 1.59. The number of amides is 2. The summed E-state index contributed by atoms with van der Waals surface area (Å²) in [6.07, 6.45) is 3.60. The number of methoxy groups -OCH3 is 1. The Morgan fingerprint density at radius 2 is 2.03 bits per heavy atom. The van der Waals surface area contributed by atoms with Gasteiger partial charge in [0.1, 0.15) is 12.4 Å². The van der Waals surface area contributed by atoms with Gasteiger partial charge in [-0.05, 0) is 31.9 Å². The Balaban J connectivity index is 1.59. The fourth-order valence-electron chi connectivity index (χ4n) is 4.62. The van der Waals surface area contributed by atoms with E-state index in [9.17, 15) is 14.7 Å². The van der Waals surface area contributed by atoms with Crippen LogP contribution in [0.3, 0.4) is 0 Å². The zero-order valence-corrected chi connectivity index (χ0v) is 16.8. The number of hydrogen-bond donors (Lipinski definition) is 2. The molecule has 2 aliphatic rings. The van der Waals surface area contributed by atoms with Gasteiger partial charge in [-0.2, -0.15) is 0 Å². The van der Waals surface area contributed by atoms with E-state index in [4.69, 9.17) is 4.74 Å². The van der Waals surface area contributed by atoms with Gasteiger partial charge in [0.2, 0.25) is 5.91 Å². The third kappa shape index (κ3) is 3.27. The Bertz CT molecular complexity index is 931. The molecule has 29 heavy (non-hydrogen) atoms. The third-order valence-electron chi connectivity index (χ3n) is 6.09. The maximum absolute atomic E-state index is 13.0. The second-order valence-corrected chi connectivity index (χ2v) is 7.80. The summed E-state index contributed by atoms with van der Waals surface area (Å²) in [5, 5.41) is 10.1. The molecule has 0 atom stereocenters. The van der Waals surface area contributed by atoms with Crippen LogP contribution in [0.4, 0.5) is 0 Å². The molecule has 0 aliphatic carbocycles. The summed E-state index contributed by atoms with van der Waals surface area (Å²) in [5.41, 5.74) is 2.66. The molecule has 2 aliphatic heterocycles. The normalized spacial score (nSPS) is 18.0. The van der Waals surface area contributed by atoms with Crippen LogP contribution < -0.4 is 0 Å². The topological polar surface area (TPSA) is 98.8 Å². The van der Waals surface area contributed by atoms with E-state index in [-0.39, 0.29) is 24.2 Å². The van der Waals surface area contributed by atoms with Crippen LogP contribution >= 0.6 is 0 Å². The fourth-order valence-corrected chi connectivity index (χ4v) is 4.62. The summed E-state index contributed by atoms with van der Waals surface area (Å²) < 4.78 is 5.09. The third-order valence-corrected chi connectivity index (χ3v) is 6.09. The standard InChI is InChI=1S/C21H26N4O4/c1-14-3-4-17(26)15(11-14)20(28)24-9-6-21(7-10-24)19-16(22-13-23-19)5-8-25(21)18(27)12-29-2/h3-4,11,13,26H,5-10,12H2,1-2H3,(H,22,23). The van der Waals surface area contributed by atoms with Crippen LogP contribution in [-0.2, 0) is 21.5 Å². The number of aromatic nitrogens is 2. The average molecular weight is 398 g/mol. The zero-order chi connectivity index (χ0) is 20.6. The van der Waals surface area contributed by atoms with E-state index in [0.29, 0.717) is 38.0 Å². The first kappa shape index (κ1) is 19.4. The molecule has 0 bridgehead atoms. The number of carbonyl (C=O) groups is 2. The van der Waals surface area contributed by atoms with Gasteiger partial charge in [-0.15, -0.1) is 0 Å². The number of H-pyrrole nitrogens is 1. The molecular weight excluding hydrogens is 372 g/mol. The minimum Gasteiger partial charge on any atom is -0.507 e. The second-order valence-electron chi connectivity index (χ2n) is 7.80. The zero-order valence-electron chi connectivity index (χ0n) is 16.8. The van der Waals surface area contributed by atoms with Gasteiger partial charge < -0.3 is 24.6 Å². The molecule has 154 valence electrons. The molecule has 1 spiro atoms. The fraction of sp³-hybridized carbons (Fsp3) is 0.476. The van der Waals surface area contributed by atoms with Crippen LogP contribution in [-0.4, -0.2) is 70.0 Å². The molecule has 0 saturated carbocycles. The van der Waals surface area contributed by atoms with Crippen molar-refractivity contribution in [2.24, 2.45) is 0 Å². The molecule has 1 aromatic carbocycles. The Labute approximate surface area is 169 Å². The van der Waals surface area contributed by atoms with Crippen molar-refractivity contribution in [1.29, 1.82) is 0 Å². The van der Waals surface area contributed by atoms with Crippen molar-refractivity contribution in [2.45, 2.75) is 31.7 Å². The highest BCUT2D eigenvalue weighted by molar-refractivity contribution is 5.97. The number of hydrogen-bond acceptors (Lipinski definition) is 5. The molecule has 0 unspecified atom stereocenters. The van der Waals surface area contributed by atoms with Crippen molar-refractivity contribution in [1.82, 2.24) is 19.8 Å². The van der Waals surface area contributed by atoms with E-state index in [1.165, 1.54) is 7.11 Å². The number of aromatic amines is 1. The molecule has 2 amide bonds. The lowest BCUT2D eigenvalue weighted by atomic mass is 9.78. The van der Waals surface area contributed by atoms with E-state index < -0.39 is 5.54 Å². The van der Waals surface area contributed by atoms with Crippen molar-refractivity contribution in [2.75, 3.05) is 33.4 Å². The number of aryl methyl sites for hydroxylation is 1. The van der Waals surface area contributed by atoms with Gasteiger partial charge in [-0.25, -0.2) is 4.98 Å². The number of aromatic hydroxyl groups is 1. The van der Waals surface area contributed by atoms with Crippen LogP contribution in [0, 0.1) is 6.92 Å². The van der Waals surface area contributed by atoms with Crippen LogP contribution in [0.25, 0.3) is 0 Å². The monoisotopic (exact) mass is 398 g/mol. The van der Waals surface area contributed by atoms with Gasteiger partial charge in [0.15, 0.2) is 0 Å². The molecule has 2 aromatic rings. The lowest BCUT2D eigenvalue weighted by Crippen LogP contribution is -2.59. The number of imidazole rings is 1. The first-order chi connectivity index (χ1) is 14.0. The summed E-state index contributed by atoms with van der Waals surface area (Å²) in [5.74, 6) is -0.254. The predicted molar refractivity (Wildman–Crippen MR) is 106 cm³/mol. The average Bonchev–Trinajstić information content (AvgIpc) is 3.20. The SMILES string of the molecule is COCC(=O)N1CCc2[nH]cnc2C12CCN(C(=O)c1cc(C)ccc1O)CC2. The van der Waals surface area contributed by atoms with Gasteiger partial charge in [0, 0.05) is 38.9 Å². The minimum absolute atomic E-state index is 0.00922. The van der Waals surface area contributed by atoms with Crippen LogP contribution in [0.1, 0.15) is 40.2 Å². The highest BCUT2D eigenvalue weighted by Gasteiger charge is 2.49. The van der Waals surface area contributed by atoms with E-state index in [1.807, 2.05) is 11.8 Å². The highest BCUT2D eigenvalue weighted by atomic mass is 16.5. The molecule has 1 aromatic heterocycles. The number of piperidine rings is 1. The van der Waals surface area contributed by atoms with E-state index in [0.717, 1.165) is 23.4 Å². The summed E-state index contributed by atoms with van der Waals surface area (Å²) >= 11 is 0. The molecule has 3 heterocycles. The molecule has 1 fully saturated rings. The molecule has 1 saturated heterocycles. The highest BCUT2D eigenvalue weighted by Crippen LogP contribution is 2.42. The first-order valence-corrected chi connectivity index (χ1v) is 9.87. The Kier molecular flexibility index (Phi) is 5.04. The van der Waals surface area contributed by atoms with Crippen molar-refractivity contribution in [3.05, 3.63) is 47.0 Å². The van der Waals surface area contributed by atoms with Crippen molar-refractivity contribution < 1.29 is 19.4 Å². The molecule has 0 radical (unpaired) electrons. The molecule has 2 N–H and O–H groups in total. The number of ether oxygens (including phenoxy) is 1. The van der Waals surface area contributed by atoms with Crippen molar-refractivity contribution in [3.63, 3.8) is 0 Å². The van der Waals surface area contributed by atoms with Gasteiger partial charge in [-0.3, -0.25) is 9.59 Å². The molecule has 4 rings (SSSR count). The van der Waals surface area contributed by atoms with Gasteiger partial charge in [-0.1, -0.05) is 11.6 Å². The van der Waals surface area contributed by atoms with E-state index >= 15 is 0 Å². The van der Waals surface area contributed by atoms with Crippen molar-refractivity contribution in [3.8, 4) is 5.75 Å². The van der Waals surface area contributed by atoms with Crippen LogP contribution in [0.15, 0.2) is 24.5 Å². The Morgan fingerprint density at radius 1 is 1.28 bits per heavy atom. The van der Waals surface area contributed by atoms with Gasteiger partial charge in [0.25, 0.3) is 5.91 Å². The number of benzene rings is 1. The number of phenolic OH excluding ortho intramolecular Hbond substituents is 1. The number of likely N-dealkylation sites (tertiary alicyclic amines) is 1. The number of nitrogens with zero attached hydrogens (tertiary/aromatic N) is 3. The van der Waals surface area contributed by atoms with Crippen LogP contribution in [0.2, 0.25) is 0 Å². The Hall–Kier alpha value is -2.87. The molecule has 8 heteroatoms. The summed E-state index contributed by atoms with van der Waals surface area (Å²) in [4.78, 5) is 37.1. The lowest BCUT2D eigenvalue weighted by Gasteiger charge is -2.50. The lowest BCUT2D eigenvalue weighted by molar-refractivity contribution is -0.145. The summed E-state index contributed by atoms with van der Waals surface area (Å²) in [6, 6.07) is 5.04. The summed E-state index contributed by atoms with van der Waals surface area (Å²) in [7, 11) is 1.52. The number of phenols is 1. The minimum atomic E-state index is -0.533. The number of nitrogens with one attached hydrogen (secondary N) is 1. The molecular formula is C21H26N4O4. The maximum Gasteiger partial charge on any atom is 0.257 e. The van der Waals surface area contributed by atoms with Gasteiger partial charge >= 0.3 is 0 Å². The maximum atomic E-state index is 13.0. The van der Waals surface area contributed by atoms with Crippen LogP contribution in [0.5, 0.6) is 5.75 Å². The number of carbonyl (C=O) groups excluding carboxylic acids is 2. The first-order valence-electron chi connectivity index (χ1n) is 9.87.